The van der Waals surface area contributed by atoms with Gasteiger partial charge in [0, 0.05) is 10.4 Å². The van der Waals surface area contributed by atoms with Gasteiger partial charge >= 0.3 is 0 Å². The summed E-state index contributed by atoms with van der Waals surface area (Å²) in [6.45, 7) is 8.31. The molecule has 0 aliphatic rings. The third-order valence-corrected chi connectivity index (χ3v) is 4.23. The number of rotatable bonds is 5. The van der Waals surface area contributed by atoms with E-state index in [1.165, 1.54) is 11.3 Å². The van der Waals surface area contributed by atoms with Crippen LogP contribution in [0.5, 0.6) is 5.75 Å². The van der Waals surface area contributed by atoms with Crippen molar-refractivity contribution in [2.75, 3.05) is 12.3 Å². The third-order valence-electron chi connectivity index (χ3n) is 3.07. The van der Waals surface area contributed by atoms with E-state index in [4.69, 9.17) is 10.5 Å². The number of aryl methyl sites for hydroxylation is 1. The molecule has 0 aliphatic heterocycles. The molecule has 0 atom stereocenters. The monoisotopic (exact) mass is 298 g/mol. The zero-order chi connectivity index (χ0) is 15.4. The van der Waals surface area contributed by atoms with E-state index in [0.29, 0.717) is 17.2 Å². The Balaban J connectivity index is 2.35. The van der Waals surface area contributed by atoms with Crippen LogP contribution in [0.2, 0.25) is 0 Å². The SMILES string of the molecule is C=C(C)COc1ccc(-c2c(CC)sc(N)c2C#N)cc1. The van der Waals surface area contributed by atoms with Gasteiger partial charge in [-0.3, -0.25) is 0 Å². The molecule has 2 rings (SSSR count). The minimum Gasteiger partial charge on any atom is -0.489 e. The number of thiophene rings is 1. The maximum absolute atomic E-state index is 9.31. The molecule has 21 heavy (non-hydrogen) atoms. The topological polar surface area (TPSA) is 59.0 Å². The summed E-state index contributed by atoms with van der Waals surface area (Å²) in [5, 5.41) is 9.90. The Morgan fingerprint density at radius 1 is 1.38 bits per heavy atom. The normalized spacial score (nSPS) is 10.1. The number of nitrogens with zero attached hydrogens (tertiary/aromatic N) is 1. The average molecular weight is 298 g/mol. The first-order valence-corrected chi connectivity index (χ1v) is 7.57. The molecule has 0 amide bonds. The van der Waals surface area contributed by atoms with Gasteiger partial charge in [0.2, 0.25) is 0 Å². The minimum atomic E-state index is 0.508. The van der Waals surface area contributed by atoms with Crippen molar-refractivity contribution in [2.24, 2.45) is 0 Å². The maximum atomic E-state index is 9.31. The highest BCUT2D eigenvalue weighted by Gasteiger charge is 2.16. The molecule has 0 unspecified atom stereocenters. The highest BCUT2D eigenvalue weighted by molar-refractivity contribution is 7.16. The molecule has 1 aromatic carbocycles. The third kappa shape index (κ3) is 3.26. The van der Waals surface area contributed by atoms with Crippen molar-refractivity contribution >= 4 is 16.3 Å². The van der Waals surface area contributed by atoms with Gasteiger partial charge in [0.05, 0.1) is 5.56 Å². The molecule has 1 aromatic heterocycles. The molecule has 0 saturated heterocycles. The van der Waals surface area contributed by atoms with E-state index in [1.807, 2.05) is 31.2 Å². The molecule has 3 nitrogen and oxygen atoms in total. The number of ether oxygens (including phenoxy) is 1. The number of nitrogens with two attached hydrogens (primary N) is 1. The predicted octanol–water partition coefficient (Wildman–Crippen LogP) is 4.39. The molecule has 0 fully saturated rings. The Morgan fingerprint density at radius 2 is 2.05 bits per heavy atom. The fourth-order valence-corrected chi connectivity index (χ4v) is 3.07. The van der Waals surface area contributed by atoms with Crippen LogP contribution in [0.25, 0.3) is 11.1 Å². The summed E-state index contributed by atoms with van der Waals surface area (Å²) in [5.41, 5.74) is 9.44. The van der Waals surface area contributed by atoms with Crippen LogP contribution in [-0.4, -0.2) is 6.61 Å². The summed E-state index contributed by atoms with van der Waals surface area (Å²) in [4.78, 5) is 1.14. The van der Waals surface area contributed by atoms with E-state index in [1.54, 1.807) is 0 Å². The molecule has 0 aliphatic carbocycles. The fourth-order valence-electron chi connectivity index (χ4n) is 2.09. The number of nitrogen functional groups attached to an aromatic ring is 1. The van der Waals surface area contributed by atoms with Gasteiger partial charge in [0.1, 0.15) is 23.4 Å². The lowest BCUT2D eigenvalue weighted by atomic mass is 10.0. The van der Waals surface area contributed by atoms with Crippen LogP contribution < -0.4 is 10.5 Å². The molecule has 1 heterocycles. The van der Waals surface area contributed by atoms with Crippen LogP contribution in [0.4, 0.5) is 5.00 Å². The first kappa shape index (κ1) is 15.1. The van der Waals surface area contributed by atoms with E-state index < -0.39 is 0 Å². The molecular weight excluding hydrogens is 280 g/mol. The number of hydrogen-bond donors (Lipinski definition) is 1. The van der Waals surface area contributed by atoms with Gasteiger partial charge in [-0.2, -0.15) is 5.26 Å². The number of hydrogen-bond acceptors (Lipinski definition) is 4. The zero-order valence-electron chi connectivity index (χ0n) is 12.3. The predicted molar refractivity (Wildman–Crippen MR) is 88.6 cm³/mol. The Bertz CT molecular complexity index is 693. The molecule has 0 bridgehead atoms. The lowest BCUT2D eigenvalue weighted by molar-refractivity contribution is 0.353. The lowest BCUT2D eigenvalue weighted by Crippen LogP contribution is -1.97. The van der Waals surface area contributed by atoms with Crippen molar-refractivity contribution in [3.8, 4) is 22.9 Å². The Morgan fingerprint density at radius 3 is 2.57 bits per heavy atom. The van der Waals surface area contributed by atoms with Crippen molar-refractivity contribution in [1.29, 1.82) is 5.26 Å². The second-order valence-corrected chi connectivity index (χ2v) is 6.01. The van der Waals surface area contributed by atoms with Gasteiger partial charge in [0.15, 0.2) is 0 Å². The molecule has 2 N–H and O–H groups in total. The fraction of sp³-hybridized carbons (Fsp3) is 0.235. The standard InChI is InChI=1S/C17H18N2OS/c1-4-15-16(14(9-18)17(19)21-15)12-5-7-13(8-6-12)20-10-11(2)3/h5-8H,2,4,10,19H2,1,3H3. The van der Waals surface area contributed by atoms with E-state index in [9.17, 15) is 5.26 Å². The van der Waals surface area contributed by atoms with Crippen LogP contribution in [-0.2, 0) is 6.42 Å². The van der Waals surface area contributed by atoms with Crippen LogP contribution in [0.1, 0.15) is 24.3 Å². The highest BCUT2D eigenvalue weighted by Crippen LogP contribution is 2.38. The van der Waals surface area contributed by atoms with Crippen LogP contribution >= 0.6 is 11.3 Å². The molecule has 0 radical (unpaired) electrons. The molecule has 0 spiro atoms. The summed E-state index contributed by atoms with van der Waals surface area (Å²) in [7, 11) is 0. The summed E-state index contributed by atoms with van der Waals surface area (Å²) < 4.78 is 5.59. The lowest BCUT2D eigenvalue weighted by Gasteiger charge is -2.08. The summed E-state index contributed by atoms with van der Waals surface area (Å²) >= 11 is 1.49. The Labute approximate surface area is 129 Å². The summed E-state index contributed by atoms with van der Waals surface area (Å²) in [5.74, 6) is 0.793. The second-order valence-electron chi connectivity index (χ2n) is 4.88. The molecule has 4 heteroatoms. The first-order chi connectivity index (χ1) is 10.1. The van der Waals surface area contributed by atoms with Gasteiger partial charge in [-0.15, -0.1) is 11.3 Å². The van der Waals surface area contributed by atoms with E-state index in [-0.39, 0.29) is 0 Å². The Hall–Kier alpha value is -2.25. The molecular formula is C17H18N2OS. The van der Waals surface area contributed by atoms with Crippen molar-refractivity contribution in [1.82, 2.24) is 0 Å². The Kier molecular flexibility index (Phi) is 4.66. The number of nitriles is 1. The quantitative estimate of drug-likeness (QED) is 0.833. The van der Waals surface area contributed by atoms with Crippen molar-refractivity contribution in [2.45, 2.75) is 20.3 Å². The van der Waals surface area contributed by atoms with Gasteiger partial charge in [-0.1, -0.05) is 25.6 Å². The van der Waals surface area contributed by atoms with Gasteiger partial charge in [-0.05, 0) is 36.6 Å². The molecule has 0 saturated carbocycles. The molecule has 2 aromatic rings. The first-order valence-electron chi connectivity index (χ1n) is 6.75. The largest absolute Gasteiger partial charge is 0.489 e. The maximum Gasteiger partial charge on any atom is 0.119 e. The van der Waals surface area contributed by atoms with Crippen LogP contribution in [0.15, 0.2) is 36.4 Å². The number of anilines is 1. The zero-order valence-corrected chi connectivity index (χ0v) is 13.1. The molecule has 108 valence electrons. The average Bonchev–Trinajstić information content (AvgIpc) is 2.81. The smallest absolute Gasteiger partial charge is 0.119 e. The van der Waals surface area contributed by atoms with Crippen LogP contribution in [0.3, 0.4) is 0 Å². The van der Waals surface area contributed by atoms with Gasteiger partial charge < -0.3 is 10.5 Å². The second kappa shape index (κ2) is 6.47. The van der Waals surface area contributed by atoms with Gasteiger partial charge in [0.25, 0.3) is 0 Å². The van der Waals surface area contributed by atoms with Crippen LogP contribution in [0, 0.1) is 11.3 Å². The highest BCUT2D eigenvalue weighted by atomic mass is 32.1. The summed E-state index contributed by atoms with van der Waals surface area (Å²) in [6.07, 6.45) is 0.861. The minimum absolute atomic E-state index is 0.508. The summed E-state index contributed by atoms with van der Waals surface area (Å²) in [6, 6.07) is 9.97. The van der Waals surface area contributed by atoms with Gasteiger partial charge in [-0.25, -0.2) is 0 Å². The van der Waals surface area contributed by atoms with Crippen molar-refractivity contribution in [3.63, 3.8) is 0 Å². The van der Waals surface area contributed by atoms with E-state index in [2.05, 4.69) is 19.6 Å². The van der Waals surface area contributed by atoms with E-state index in [0.717, 1.165) is 33.7 Å². The van der Waals surface area contributed by atoms with Crippen molar-refractivity contribution < 1.29 is 4.74 Å². The van der Waals surface area contributed by atoms with E-state index >= 15 is 0 Å². The number of benzene rings is 1. The van der Waals surface area contributed by atoms with Crippen molar-refractivity contribution in [3.05, 3.63) is 46.9 Å².